The third kappa shape index (κ3) is 1.65. The van der Waals surface area contributed by atoms with Gasteiger partial charge < -0.3 is 14.4 Å². The molecule has 1 unspecified atom stereocenters. The molecule has 78 valence electrons. The SMILES string of the molecule is COC(C)c1noc(C2CC(O)C2)n1. The van der Waals surface area contributed by atoms with Crippen LogP contribution >= 0.6 is 0 Å². The number of aliphatic hydroxyl groups is 1. The molecule has 0 bridgehead atoms. The zero-order valence-corrected chi connectivity index (χ0v) is 8.30. The fraction of sp³-hybridized carbons (Fsp3) is 0.778. The van der Waals surface area contributed by atoms with E-state index in [-0.39, 0.29) is 18.1 Å². The first-order chi connectivity index (χ1) is 6.70. The third-order valence-electron chi connectivity index (χ3n) is 2.64. The molecular weight excluding hydrogens is 184 g/mol. The average molecular weight is 198 g/mol. The molecule has 1 aliphatic carbocycles. The summed E-state index contributed by atoms with van der Waals surface area (Å²) in [5.41, 5.74) is 0. The van der Waals surface area contributed by atoms with Crippen molar-refractivity contribution in [3.05, 3.63) is 11.7 Å². The molecule has 5 heteroatoms. The van der Waals surface area contributed by atoms with Gasteiger partial charge in [-0.2, -0.15) is 4.98 Å². The van der Waals surface area contributed by atoms with Crippen LogP contribution in [0.25, 0.3) is 0 Å². The zero-order chi connectivity index (χ0) is 10.1. The van der Waals surface area contributed by atoms with Crippen molar-refractivity contribution in [3.63, 3.8) is 0 Å². The van der Waals surface area contributed by atoms with Crippen LogP contribution in [0.1, 0.15) is 43.5 Å². The van der Waals surface area contributed by atoms with E-state index in [0.717, 1.165) is 12.8 Å². The summed E-state index contributed by atoms with van der Waals surface area (Å²) in [6.07, 6.45) is 1.11. The Balaban J connectivity index is 2.03. The maximum Gasteiger partial charge on any atom is 0.230 e. The molecule has 0 aliphatic heterocycles. The Labute approximate surface area is 82.1 Å². The molecule has 0 saturated heterocycles. The molecule has 0 spiro atoms. The number of hydrogen-bond donors (Lipinski definition) is 1. The van der Waals surface area contributed by atoms with Crippen molar-refractivity contribution >= 4 is 0 Å². The molecule has 1 aromatic heterocycles. The van der Waals surface area contributed by atoms with E-state index in [4.69, 9.17) is 14.4 Å². The van der Waals surface area contributed by atoms with Gasteiger partial charge in [0.25, 0.3) is 0 Å². The molecule has 14 heavy (non-hydrogen) atoms. The maximum absolute atomic E-state index is 9.13. The van der Waals surface area contributed by atoms with Gasteiger partial charge in [-0.25, -0.2) is 0 Å². The topological polar surface area (TPSA) is 68.4 Å². The van der Waals surface area contributed by atoms with E-state index in [1.165, 1.54) is 0 Å². The van der Waals surface area contributed by atoms with Gasteiger partial charge in [0, 0.05) is 13.0 Å². The Kier molecular flexibility index (Phi) is 2.52. The number of nitrogens with zero attached hydrogens (tertiary/aromatic N) is 2. The quantitative estimate of drug-likeness (QED) is 0.785. The van der Waals surface area contributed by atoms with Gasteiger partial charge >= 0.3 is 0 Å². The minimum absolute atomic E-state index is 0.141. The molecule has 5 nitrogen and oxygen atoms in total. The van der Waals surface area contributed by atoms with Gasteiger partial charge in [0.2, 0.25) is 5.89 Å². The molecule has 1 N–H and O–H groups in total. The summed E-state index contributed by atoms with van der Waals surface area (Å²) in [5.74, 6) is 1.42. The number of methoxy groups -OCH3 is 1. The summed E-state index contributed by atoms with van der Waals surface area (Å²) < 4.78 is 10.2. The molecule has 1 fully saturated rings. The lowest BCUT2D eigenvalue weighted by Gasteiger charge is -2.27. The third-order valence-corrected chi connectivity index (χ3v) is 2.64. The van der Waals surface area contributed by atoms with Crippen molar-refractivity contribution < 1.29 is 14.4 Å². The molecule has 1 aromatic rings. The number of aromatic nitrogens is 2. The molecular formula is C9H14N2O3. The Bertz CT molecular complexity index is 307. The molecule has 1 saturated carbocycles. The summed E-state index contributed by atoms with van der Waals surface area (Å²) >= 11 is 0. The Hall–Kier alpha value is -0.940. The van der Waals surface area contributed by atoms with Crippen LogP contribution in [0.2, 0.25) is 0 Å². The van der Waals surface area contributed by atoms with Crippen LogP contribution < -0.4 is 0 Å². The monoisotopic (exact) mass is 198 g/mol. The molecule has 0 aromatic carbocycles. The lowest BCUT2D eigenvalue weighted by atomic mass is 9.82. The fourth-order valence-electron chi connectivity index (χ4n) is 1.47. The highest BCUT2D eigenvalue weighted by Gasteiger charge is 2.33. The fourth-order valence-corrected chi connectivity index (χ4v) is 1.47. The van der Waals surface area contributed by atoms with Crippen molar-refractivity contribution in [1.82, 2.24) is 10.1 Å². The molecule has 2 rings (SSSR count). The smallest absolute Gasteiger partial charge is 0.230 e. The normalized spacial score (nSPS) is 28.5. The van der Waals surface area contributed by atoms with Crippen LogP contribution in [-0.2, 0) is 4.74 Å². The van der Waals surface area contributed by atoms with Gasteiger partial charge in [-0.05, 0) is 19.8 Å². The first-order valence-electron chi connectivity index (χ1n) is 4.75. The van der Waals surface area contributed by atoms with Gasteiger partial charge in [-0.15, -0.1) is 0 Å². The van der Waals surface area contributed by atoms with Crippen molar-refractivity contribution in [3.8, 4) is 0 Å². The summed E-state index contributed by atoms with van der Waals surface area (Å²) in [6.45, 7) is 1.87. The van der Waals surface area contributed by atoms with Gasteiger partial charge in [-0.1, -0.05) is 5.16 Å². The molecule has 1 heterocycles. The van der Waals surface area contributed by atoms with Gasteiger partial charge in [0.15, 0.2) is 5.82 Å². The standard InChI is InChI=1S/C9H14N2O3/c1-5(13-2)8-10-9(14-11-8)6-3-7(12)4-6/h5-7,12H,3-4H2,1-2H3. The lowest BCUT2D eigenvalue weighted by molar-refractivity contribution is 0.0624. The predicted octanol–water partition coefficient (Wildman–Crippen LogP) is 1.02. The van der Waals surface area contributed by atoms with Crippen LogP contribution in [0.4, 0.5) is 0 Å². The number of rotatable bonds is 3. The first kappa shape index (κ1) is 9.61. The average Bonchev–Trinajstić information content (AvgIpc) is 2.60. The molecule has 0 amide bonds. The zero-order valence-electron chi connectivity index (χ0n) is 8.30. The van der Waals surface area contributed by atoms with Crippen LogP contribution in [0.3, 0.4) is 0 Å². The van der Waals surface area contributed by atoms with E-state index in [1.54, 1.807) is 7.11 Å². The number of aliphatic hydroxyl groups excluding tert-OH is 1. The largest absolute Gasteiger partial charge is 0.393 e. The Morgan fingerprint density at radius 2 is 2.29 bits per heavy atom. The first-order valence-corrected chi connectivity index (χ1v) is 4.75. The second kappa shape index (κ2) is 3.67. The van der Waals surface area contributed by atoms with Crippen molar-refractivity contribution in [2.24, 2.45) is 0 Å². The molecule has 1 atom stereocenters. The highest BCUT2D eigenvalue weighted by atomic mass is 16.5. The highest BCUT2D eigenvalue weighted by molar-refractivity contribution is 5.02. The second-order valence-electron chi connectivity index (χ2n) is 3.69. The summed E-state index contributed by atoms with van der Waals surface area (Å²) in [5, 5.41) is 12.9. The van der Waals surface area contributed by atoms with Crippen LogP contribution in [0.5, 0.6) is 0 Å². The van der Waals surface area contributed by atoms with E-state index in [2.05, 4.69) is 10.1 Å². The van der Waals surface area contributed by atoms with Crippen LogP contribution in [-0.4, -0.2) is 28.5 Å². The van der Waals surface area contributed by atoms with Gasteiger partial charge in [0.05, 0.1) is 6.10 Å². The van der Waals surface area contributed by atoms with E-state index in [9.17, 15) is 0 Å². The van der Waals surface area contributed by atoms with E-state index < -0.39 is 0 Å². The second-order valence-corrected chi connectivity index (χ2v) is 3.69. The van der Waals surface area contributed by atoms with E-state index in [1.807, 2.05) is 6.92 Å². The summed E-state index contributed by atoms with van der Waals surface area (Å²) in [4.78, 5) is 4.22. The number of hydrogen-bond acceptors (Lipinski definition) is 5. The van der Waals surface area contributed by atoms with Crippen LogP contribution in [0.15, 0.2) is 4.52 Å². The van der Waals surface area contributed by atoms with Crippen molar-refractivity contribution in [1.29, 1.82) is 0 Å². The Morgan fingerprint density at radius 3 is 2.86 bits per heavy atom. The molecule has 0 radical (unpaired) electrons. The summed E-state index contributed by atoms with van der Waals surface area (Å²) in [7, 11) is 1.60. The van der Waals surface area contributed by atoms with Gasteiger partial charge in [-0.3, -0.25) is 0 Å². The predicted molar refractivity (Wildman–Crippen MR) is 47.7 cm³/mol. The maximum atomic E-state index is 9.13. The van der Waals surface area contributed by atoms with E-state index >= 15 is 0 Å². The summed E-state index contributed by atoms with van der Waals surface area (Å²) in [6, 6.07) is 0. The minimum atomic E-state index is -0.199. The van der Waals surface area contributed by atoms with E-state index in [0.29, 0.717) is 11.7 Å². The van der Waals surface area contributed by atoms with Gasteiger partial charge in [0.1, 0.15) is 6.10 Å². The minimum Gasteiger partial charge on any atom is -0.393 e. The molecule has 1 aliphatic rings. The Morgan fingerprint density at radius 1 is 1.57 bits per heavy atom. The highest BCUT2D eigenvalue weighted by Crippen LogP contribution is 2.36. The van der Waals surface area contributed by atoms with Crippen LogP contribution in [0, 0.1) is 0 Å². The van der Waals surface area contributed by atoms with Crippen molar-refractivity contribution in [2.75, 3.05) is 7.11 Å². The van der Waals surface area contributed by atoms with Crippen molar-refractivity contribution in [2.45, 2.75) is 37.9 Å². The lowest BCUT2D eigenvalue weighted by Crippen LogP contribution is -2.26. The number of ether oxygens (including phenoxy) is 1.